The van der Waals surface area contributed by atoms with Gasteiger partial charge in [0.1, 0.15) is 0 Å². The summed E-state index contributed by atoms with van der Waals surface area (Å²) in [4.78, 5) is 12.5. The van der Waals surface area contributed by atoms with Crippen LogP contribution in [0, 0.1) is 0 Å². The molecular weight excluding hydrogens is 260 g/mol. The summed E-state index contributed by atoms with van der Waals surface area (Å²) < 4.78 is 5.12. The Balaban J connectivity index is 2.22. The molecule has 0 atom stereocenters. The average Bonchev–Trinajstić information content (AvgIpc) is 2.86. The number of carboxylic acid groups (broad SMARTS) is 1. The van der Waals surface area contributed by atoms with E-state index in [0.29, 0.717) is 6.61 Å². The molecule has 98 valence electrons. The molecular formula is C15H14O3S. The highest BCUT2D eigenvalue weighted by Crippen LogP contribution is 2.29. The van der Waals surface area contributed by atoms with Crippen LogP contribution in [0.1, 0.15) is 10.4 Å². The standard InChI is InChI=1S/C15H14O3S/c1-18-10-11-3-2-4-12(9-11)14-7-5-13(19-14)6-8-15(16)17/h2-9H,10H2,1H3,(H,16,17)/b8-6+. The Morgan fingerprint density at radius 3 is 2.95 bits per heavy atom. The Morgan fingerprint density at radius 1 is 1.37 bits per heavy atom. The second-order valence-corrected chi connectivity index (χ2v) is 5.12. The lowest BCUT2D eigenvalue weighted by Gasteiger charge is -2.02. The van der Waals surface area contributed by atoms with Gasteiger partial charge < -0.3 is 9.84 Å². The summed E-state index contributed by atoms with van der Waals surface area (Å²) in [5.74, 6) is -0.933. The average molecular weight is 274 g/mol. The summed E-state index contributed by atoms with van der Waals surface area (Å²) in [6.45, 7) is 0.588. The predicted molar refractivity (Wildman–Crippen MR) is 77.1 cm³/mol. The van der Waals surface area contributed by atoms with Crippen LogP contribution in [-0.2, 0) is 16.1 Å². The number of carboxylic acids is 1. The van der Waals surface area contributed by atoms with Gasteiger partial charge in [0, 0.05) is 22.9 Å². The Kier molecular flexibility index (Phi) is 4.49. The van der Waals surface area contributed by atoms with Crippen molar-refractivity contribution < 1.29 is 14.6 Å². The normalized spacial score (nSPS) is 11.0. The lowest BCUT2D eigenvalue weighted by Crippen LogP contribution is -1.86. The zero-order valence-corrected chi connectivity index (χ0v) is 11.3. The maximum absolute atomic E-state index is 10.5. The molecule has 0 aliphatic rings. The third-order valence-electron chi connectivity index (χ3n) is 2.54. The number of methoxy groups -OCH3 is 1. The second kappa shape index (κ2) is 6.31. The Labute approximate surface area is 115 Å². The molecule has 2 aromatic rings. The first-order valence-corrected chi connectivity index (χ1v) is 6.60. The molecule has 1 N–H and O–H groups in total. The summed E-state index contributed by atoms with van der Waals surface area (Å²) in [6.07, 6.45) is 2.76. The fourth-order valence-corrected chi connectivity index (χ4v) is 2.64. The monoisotopic (exact) mass is 274 g/mol. The molecule has 2 rings (SSSR count). The molecule has 0 unspecified atom stereocenters. The van der Waals surface area contributed by atoms with Crippen molar-refractivity contribution in [1.29, 1.82) is 0 Å². The number of hydrogen-bond donors (Lipinski definition) is 1. The molecule has 1 aromatic heterocycles. The zero-order valence-electron chi connectivity index (χ0n) is 10.5. The molecule has 1 heterocycles. The second-order valence-electron chi connectivity index (χ2n) is 4.01. The summed E-state index contributed by atoms with van der Waals surface area (Å²) in [5.41, 5.74) is 2.24. The van der Waals surface area contributed by atoms with E-state index in [9.17, 15) is 4.79 Å². The van der Waals surface area contributed by atoms with E-state index >= 15 is 0 Å². The molecule has 0 aliphatic carbocycles. The highest BCUT2D eigenvalue weighted by Gasteiger charge is 2.03. The fraction of sp³-hybridized carbons (Fsp3) is 0.133. The predicted octanol–water partition coefficient (Wildman–Crippen LogP) is 3.66. The van der Waals surface area contributed by atoms with Gasteiger partial charge in [-0.2, -0.15) is 0 Å². The highest BCUT2D eigenvalue weighted by molar-refractivity contribution is 7.16. The molecule has 1 aromatic carbocycles. The molecule has 0 radical (unpaired) electrons. The minimum atomic E-state index is -0.933. The smallest absolute Gasteiger partial charge is 0.328 e. The number of carbonyl (C=O) groups is 1. The van der Waals surface area contributed by atoms with Gasteiger partial charge in [-0.25, -0.2) is 4.79 Å². The number of thiophene rings is 1. The van der Waals surface area contributed by atoms with E-state index in [0.717, 1.165) is 27.0 Å². The SMILES string of the molecule is COCc1cccc(-c2ccc(/C=C/C(=O)O)s2)c1. The molecule has 0 fully saturated rings. The van der Waals surface area contributed by atoms with Crippen LogP contribution < -0.4 is 0 Å². The van der Waals surface area contributed by atoms with Crippen molar-refractivity contribution in [3.05, 3.63) is 52.9 Å². The molecule has 3 nitrogen and oxygen atoms in total. The summed E-state index contributed by atoms with van der Waals surface area (Å²) in [7, 11) is 1.67. The van der Waals surface area contributed by atoms with E-state index in [1.54, 1.807) is 24.5 Å². The first-order valence-electron chi connectivity index (χ1n) is 5.78. The zero-order chi connectivity index (χ0) is 13.7. The molecule has 19 heavy (non-hydrogen) atoms. The quantitative estimate of drug-likeness (QED) is 0.846. The maximum Gasteiger partial charge on any atom is 0.328 e. The number of ether oxygens (including phenoxy) is 1. The minimum absolute atomic E-state index is 0.588. The molecule has 0 saturated carbocycles. The summed E-state index contributed by atoms with van der Waals surface area (Å²) in [6, 6.07) is 12.1. The number of hydrogen-bond acceptors (Lipinski definition) is 3. The van der Waals surface area contributed by atoms with Crippen LogP contribution >= 0.6 is 11.3 Å². The van der Waals surface area contributed by atoms with E-state index in [4.69, 9.17) is 9.84 Å². The molecule has 0 amide bonds. The topological polar surface area (TPSA) is 46.5 Å². The highest BCUT2D eigenvalue weighted by atomic mass is 32.1. The maximum atomic E-state index is 10.5. The van der Waals surface area contributed by atoms with Gasteiger partial charge in [-0.05, 0) is 35.4 Å². The first-order chi connectivity index (χ1) is 9.19. The third-order valence-corrected chi connectivity index (χ3v) is 3.64. The van der Waals surface area contributed by atoms with Crippen LogP contribution in [0.15, 0.2) is 42.5 Å². The van der Waals surface area contributed by atoms with Crippen molar-refractivity contribution in [1.82, 2.24) is 0 Å². The fourth-order valence-electron chi connectivity index (χ4n) is 1.73. The van der Waals surface area contributed by atoms with Crippen molar-refractivity contribution in [2.45, 2.75) is 6.61 Å². The molecule has 4 heteroatoms. The van der Waals surface area contributed by atoms with Crippen LogP contribution in [0.25, 0.3) is 16.5 Å². The van der Waals surface area contributed by atoms with E-state index in [1.807, 2.05) is 30.3 Å². The van der Waals surface area contributed by atoms with E-state index in [1.165, 1.54) is 0 Å². The minimum Gasteiger partial charge on any atom is -0.478 e. The molecule has 0 bridgehead atoms. The van der Waals surface area contributed by atoms with Crippen LogP contribution in [0.2, 0.25) is 0 Å². The van der Waals surface area contributed by atoms with E-state index < -0.39 is 5.97 Å². The van der Waals surface area contributed by atoms with Crippen molar-refractivity contribution >= 4 is 23.4 Å². The van der Waals surface area contributed by atoms with Crippen molar-refractivity contribution in [2.75, 3.05) is 7.11 Å². The van der Waals surface area contributed by atoms with Crippen molar-refractivity contribution in [3.63, 3.8) is 0 Å². The third kappa shape index (κ3) is 3.77. The van der Waals surface area contributed by atoms with Gasteiger partial charge in [-0.3, -0.25) is 0 Å². The lowest BCUT2D eigenvalue weighted by atomic mass is 10.1. The van der Waals surface area contributed by atoms with Gasteiger partial charge in [0.05, 0.1) is 6.61 Å². The number of aliphatic carboxylic acids is 1. The first kappa shape index (κ1) is 13.5. The van der Waals surface area contributed by atoms with Gasteiger partial charge in [0.15, 0.2) is 0 Å². The largest absolute Gasteiger partial charge is 0.478 e. The Bertz CT molecular complexity index is 599. The van der Waals surface area contributed by atoms with Crippen molar-refractivity contribution in [3.8, 4) is 10.4 Å². The Hall–Kier alpha value is -1.91. The van der Waals surface area contributed by atoms with E-state index in [2.05, 4.69) is 6.07 Å². The molecule has 0 aliphatic heterocycles. The van der Waals surface area contributed by atoms with Gasteiger partial charge in [0.25, 0.3) is 0 Å². The van der Waals surface area contributed by atoms with Gasteiger partial charge in [-0.15, -0.1) is 11.3 Å². The van der Waals surface area contributed by atoms with Crippen LogP contribution in [0.5, 0.6) is 0 Å². The molecule has 0 spiro atoms. The Morgan fingerprint density at radius 2 is 2.21 bits per heavy atom. The van der Waals surface area contributed by atoms with Crippen molar-refractivity contribution in [2.24, 2.45) is 0 Å². The van der Waals surface area contributed by atoms with Crippen LogP contribution in [0.4, 0.5) is 0 Å². The van der Waals surface area contributed by atoms with Crippen LogP contribution in [-0.4, -0.2) is 18.2 Å². The number of benzene rings is 1. The van der Waals surface area contributed by atoms with E-state index in [-0.39, 0.29) is 0 Å². The van der Waals surface area contributed by atoms with Gasteiger partial charge >= 0.3 is 5.97 Å². The summed E-state index contributed by atoms with van der Waals surface area (Å²) in [5, 5.41) is 8.60. The van der Waals surface area contributed by atoms with Gasteiger partial charge in [0.2, 0.25) is 0 Å². The summed E-state index contributed by atoms with van der Waals surface area (Å²) >= 11 is 1.56. The van der Waals surface area contributed by atoms with Gasteiger partial charge in [-0.1, -0.05) is 18.2 Å². The molecule has 0 saturated heterocycles. The van der Waals surface area contributed by atoms with Crippen LogP contribution in [0.3, 0.4) is 0 Å². The lowest BCUT2D eigenvalue weighted by molar-refractivity contribution is -0.131. The number of rotatable bonds is 5.